The largest absolute Gasteiger partial charge is 0.490 e. The Morgan fingerprint density at radius 2 is 1.83 bits per heavy atom. The molecule has 8 heteroatoms. The number of carboxylic acid groups (broad SMARTS) is 1. The molecule has 0 aliphatic rings. The summed E-state index contributed by atoms with van der Waals surface area (Å²) in [7, 11) is 0. The molecule has 1 heterocycles. The Balaban J connectivity index is 1.67. The van der Waals surface area contributed by atoms with Gasteiger partial charge in [0.25, 0.3) is 0 Å². The number of ether oxygens (including phenoxy) is 2. The van der Waals surface area contributed by atoms with Crippen LogP contribution in [0.2, 0.25) is 10.2 Å². The number of aromatic nitrogens is 1. The lowest BCUT2D eigenvalue weighted by atomic mass is 10.1. The molecular formula is C22H20Cl2N2O4. The minimum Gasteiger partial charge on any atom is -0.490 e. The van der Waals surface area contributed by atoms with Crippen LogP contribution in [0.4, 0.5) is 5.69 Å². The number of halogens is 2. The molecule has 0 amide bonds. The van der Waals surface area contributed by atoms with Crippen molar-refractivity contribution >= 4 is 34.9 Å². The topological polar surface area (TPSA) is 80.7 Å². The summed E-state index contributed by atoms with van der Waals surface area (Å²) in [4.78, 5) is 15.1. The van der Waals surface area contributed by atoms with Gasteiger partial charge in [-0.25, -0.2) is 9.78 Å². The first kappa shape index (κ1) is 21.7. The minimum absolute atomic E-state index is 0.0678. The monoisotopic (exact) mass is 446 g/mol. The molecule has 0 fully saturated rings. The molecule has 1 aromatic heterocycles. The van der Waals surface area contributed by atoms with Crippen LogP contribution < -0.4 is 14.8 Å². The Bertz CT molecular complexity index is 1030. The minimum atomic E-state index is -1.06. The van der Waals surface area contributed by atoms with E-state index in [9.17, 15) is 4.79 Å². The zero-order valence-corrected chi connectivity index (χ0v) is 17.7. The van der Waals surface area contributed by atoms with E-state index in [0.29, 0.717) is 36.4 Å². The number of benzene rings is 2. The highest BCUT2D eigenvalue weighted by atomic mass is 35.5. The summed E-state index contributed by atoms with van der Waals surface area (Å²) in [6.45, 7) is 3.26. The summed E-state index contributed by atoms with van der Waals surface area (Å²) in [5.74, 6) is 0.209. The molecule has 0 atom stereocenters. The van der Waals surface area contributed by atoms with E-state index < -0.39 is 5.97 Å². The van der Waals surface area contributed by atoms with E-state index in [1.54, 1.807) is 24.4 Å². The van der Waals surface area contributed by atoms with Crippen LogP contribution in [0.1, 0.15) is 28.4 Å². The van der Waals surface area contributed by atoms with Crippen LogP contribution in [0.3, 0.4) is 0 Å². The van der Waals surface area contributed by atoms with E-state index in [0.717, 1.165) is 16.8 Å². The van der Waals surface area contributed by atoms with Crippen LogP contribution in [0.15, 0.2) is 54.7 Å². The highest BCUT2D eigenvalue weighted by Crippen LogP contribution is 2.30. The highest BCUT2D eigenvalue weighted by Gasteiger charge is 2.10. The molecule has 0 unspecified atom stereocenters. The van der Waals surface area contributed by atoms with Crippen molar-refractivity contribution in [1.82, 2.24) is 4.98 Å². The quantitative estimate of drug-likeness (QED) is 0.411. The first-order valence-corrected chi connectivity index (χ1v) is 9.97. The fourth-order valence-corrected chi connectivity index (χ4v) is 3.08. The van der Waals surface area contributed by atoms with Gasteiger partial charge in [0.05, 0.1) is 17.2 Å². The van der Waals surface area contributed by atoms with E-state index >= 15 is 0 Å². The summed E-state index contributed by atoms with van der Waals surface area (Å²) in [6.07, 6.45) is 1.67. The number of carboxylic acids is 1. The maximum atomic E-state index is 11.1. The van der Waals surface area contributed by atoms with Gasteiger partial charge in [0, 0.05) is 24.0 Å². The van der Waals surface area contributed by atoms with Crippen LogP contribution in [0.5, 0.6) is 11.5 Å². The Hall–Kier alpha value is -2.96. The van der Waals surface area contributed by atoms with Crippen molar-refractivity contribution in [2.45, 2.75) is 20.1 Å². The molecule has 0 aliphatic heterocycles. The zero-order valence-electron chi connectivity index (χ0n) is 16.2. The van der Waals surface area contributed by atoms with Crippen molar-refractivity contribution in [2.75, 3.05) is 11.9 Å². The summed E-state index contributed by atoms with van der Waals surface area (Å²) < 4.78 is 11.6. The lowest BCUT2D eigenvalue weighted by Gasteiger charge is -2.14. The molecule has 0 saturated carbocycles. The third kappa shape index (κ3) is 5.78. The molecule has 2 aromatic carbocycles. The molecule has 0 aliphatic carbocycles. The summed E-state index contributed by atoms with van der Waals surface area (Å²) in [5, 5.41) is 12.9. The van der Waals surface area contributed by atoms with Crippen molar-refractivity contribution in [3.63, 3.8) is 0 Å². The lowest BCUT2D eigenvalue weighted by Crippen LogP contribution is -2.04. The maximum Gasteiger partial charge on any atom is 0.337 e. The Labute approximate surface area is 184 Å². The van der Waals surface area contributed by atoms with Crippen LogP contribution in [0.25, 0.3) is 0 Å². The predicted octanol–water partition coefficient (Wildman–Crippen LogP) is 5.68. The molecule has 0 radical (unpaired) electrons. The molecule has 0 bridgehead atoms. The number of pyridine rings is 1. The maximum absolute atomic E-state index is 11.1. The van der Waals surface area contributed by atoms with Gasteiger partial charge in [0.1, 0.15) is 11.8 Å². The van der Waals surface area contributed by atoms with Gasteiger partial charge in [-0.2, -0.15) is 0 Å². The van der Waals surface area contributed by atoms with Crippen molar-refractivity contribution in [3.8, 4) is 11.5 Å². The van der Waals surface area contributed by atoms with Crippen LogP contribution in [-0.4, -0.2) is 22.7 Å². The van der Waals surface area contributed by atoms with E-state index in [1.165, 1.54) is 6.07 Å². The lowest BCUT2D eigenvalue weighted by molar-refractivity contribution is 0.0697. The molecule has 2 N–H and O–H groups in total. The Morgan fingerprint density at radius 3 is 2.50 bits per heavy atom. The van der Waals surface area contributed by atoms with Gasteiger partial charge in [0.2, 0.25) is 0 Å². The number of nitrogens with zero attached hydrogens (tertiary/aromatic N) is 1. The van der Waals surface area contributed by atoms with E-state index in [2.05, 4.69) is 10.3 Å². The average Bonchev–Trinajstić information content (AvgIpc) is 2.73. The van der Waals surface area contributed by atoms with Crippen LogP contribution in [-0.2, 0) is 13.2 Å². The number of rotatable bonds is 9. The number of hydrogen-bond donors (Lipinski definition) is 2. The molecule has 6 nitrogen and oxygen atoms in total. The van der Waals surface area contributed by atoms with Gasteiger partial charge in [-0.05, 0) is 48.9 Å². The van der Waals surface area contributed by atoms with Gasteiger partial charge in [-0.1, -0.05) is 35.3 Å². The third-order valence-electron chi connectivity index (χ3n) is 4.19. The summed E-state index contributed by atoms with van der Waals surface area (Å²) >= 11 is 11.8. The number of aromatic carboxylic acids is 1. The number of hydrogen-bond acceptors (Lipinski definition) is 5. The molecule has 3 aromatic rings. The standard InChI is InChI=1S/C22H20Cl2N2O4/c1-2-29-20-9-14(11-25-16-5-6-17(22(27)28)18(23)10-16)3-7-19(20)30-13-15-4-8-21(24)26-12-15/h3-10,12,25H,2,11,13H2,1H3,(H,27,28). The first-order valence-electron chi connectivity index (χ1n) is 9.22. The Kier molecular flexibility index (Phi) is 7.38. The van der Waals surface area contributed by atoms with E-state index in [4.69, 9.17) is 37.8 Å². The van der Waals surface area contributed by atoms with Crippen molar-refractivity contribution in [3.05, 3.63) is 81.6 Å². The molecule has 0 saturated heterocycles. The van der Waals surface area contributed by atoms with Gasteiger partial charge >= 0.3 is 5.97 Å². The molecular weight excluding hydrogens is 427 g/mol. The van der Waals surface area contributed by atoms with Crippen LogP contribution in [0, 0.1) is 0 Å². The van der Waals surface area contributed by atoms with Crippen molar-refractivity contribution in [1.29, 1.82) is 0 Å². The summed E-state index contributed by atoms with van der Waals surface area (Å²) in [5.41, 5.74) is 2.66. The SMILES string of the molecule is CCOc1cc(CNc2ccc(C(=O)O)c(Cl)c2)ccc1OCc1ccc(Cl)nc1. The molecule has 30 heavy (non-hydrogen) atoms. The second kappa shape index (κ2) is 10.2. The smallest absolute Gasteiger partial charge is 0.337 e. The fraction of sp³-hybridized carbons (Fsp3) is 0.182. The molecule has 3 rings (SSSR count). The fourth-order valence-electron chi connectivity index (χ4n) is 2.71. The highest BCUT2D eigenvalue weighted by molar-refractivity contribution is 6.33. The number of carbonyl (C=O) groups is 1. The van der Waals surface area contributed by atoms with Gasteiger partial charge < -0.3 is 19.9 Å². The summed E-state index contributed by atoms with van der Waals surface area (Å²) in [6, 6.07) is 14.0. The molecule has 0 spiro atoms. The Morgan fingerprint density at radius 1 is 1.03 bits per heavy atom. The van der Waals surface area contributed by atoms with Gasteiger partial charge in [0.15, 0.2) is 11.5 Å². The van der Waals surface area contributed by atoms with E-state index in [1.807, 2.05) is 31.2 Å². The zero-order chi connectivity index (χ0) is 21.5. The van der Waals surface area contributed by atoms with Gasteiger partial charge in [-0.3, -0.25) is 0 Å². The van der Waals surface area contributed by atoms with Crippen molar-refractivity contribution < 1.29 is 19.4 Å². The normalized spacial score (nSPS) is 10.5. The van der Waals surface area contributed by atoms with Gasteiger partial charge in [-0.15, -0.1) is 0 Å². The second-order valence-corrected chi connectivity index (χ2v) is 7.14. The second-order valence-electron chi connectivity index (χ2n) is 6.35. The first-order chi connectivity index (χ1) is 14.5. The van der Waals surface area contributed by atoms with Crippen LogP contribution >= 0.6 is 23.2 Å². The van der Waals surface area contributed by atoms with E-state index in [-0.39, 0.29) is 10.6 Å². The van der Waals surface area contributed by atoms with Crippen molar-refractivity contribution in [2.24, 2.45) is 0 Å². The third-order valence-corrected chi connectivity index (χ3v) is 4.72. The number of anilines is 1. The molecule has 156 valence electrons. The average molecular weight is 447 g/mol. The predicted molar refractivity (Wildman–Crippen MR) is 117 cm³/mol. The number of nitrogens with one attached hydrogen (secondary N) is 1.